The molecule has 1 unspecified atom stereocenters. The maximum absolute atomic E-state index is 13.0. The molecule has 0 spiro atoms. The van der Waals surface area contributed by atoms with Crippen LogP contribution in [-0.4, -0.2) is 86.6 Å². The minimum absolute atomic E-state index is 0.0683. The average molecular weight is 584 g/mol. The predicted octanol–water partition coefficient (Wildman–Crippen LogP) is -1.44. The van der Waals surface area contributed by atoms with Crippen molar-refractivity contribution in [2.75, 3.05) is 17.2 Å². The number of nitrogens with two attached hydrogens (primary N) is 1. The van der Waals surface area contributed by atoms with Crippen molar-refractivity contribution in [1.82, 2.24) is 34.3 Å². The summed E-state index contributed by atoms with van der Waals surface area (Å²) in [6.45, 7) is 3.41. The maximum atomic E-state index is 13.0. The minimum Gasteiger partial charge on any atom is -0.477 e. The third-order valence-electron chi connectivity index (χ3n) is 5.08. The maximum Gasteiger partial charge on any atom is 0.352 e. The number of hydrogen-bond donors (Lipinski definition) is 4. The number of β-lactam (4-membered cyclic amide) rings is 1. The predicted molar refractivity (Wildman–Crippen MR) is 138 cm³/mol. The molecular formula is C19H21N9O7S3. The van der Waals surface area contributed by atoms with Crippen LogP contribution in [0.25, 0.3) is 0 Å². The van der Waals surface area contributed by atoms with Gasteiger partial charge in [0.25, 0.3) is 11.8 Å². The Kier molecular flexibility index (Phi) is 7.88. The van der Waals surface area contributed by atoms with Crippen molar-refractivity contribution >= 4 is 63.7 Å². The number of oxime groups is 1. The number of H-pyrrole nitrogens is 1. The van der Waals surface area contributed by atoms with E-state index in [2.05, 4.69) is 29.9 Å². The van der Waals surface area contributed by atoms with Crippen LogP contribution in [0.3, 0.4) is 0 Å². The number of nitrogen functional groups attached to an aromatic ring is 1. The van der Waals surface area contributed by atoms with Gasteiger partial charge in [-0.05, 0) is 19.4 Å². The lowest BCUT2D eigenvalue weighted by atomic mass is 10.0. The van der Waals surface area contributed by atoms with E-state index in [1.54, 1.807) is 13.8 Å². The molecular weight excluding hydrogens is 562 g/mol. The van der Waals surface area contributed by atoms with Crippen molar-refractivity contribution in [3.8, 4) is 0 Å². The highest BCUT2D eigenvalue weighted by Gasteiger charge is 2.54. The number of aromatic nitrogens is 5. The number of carboxylic acids is 1. The molecule has 2 aromatic heterocycles. The molecule has 4 rings (SSSR count). The SMILES string of the molecule is CC(C)ON=C(C(=O)NC1C(=O)N2C(C(=O)O)=C(CSc3nc(=O)c(=O)[nH]n3C)CS[C@H]12)c1nsc(N)n1. The van der Waals surface area contributed by atoms with Crippen LogP contribution in [-0.2, 0) is 26.3 Å². The summed E-state index contributed by atoms with van der Waals surface area (Å²) in [7, 11) is 1.49. The van der Waals surface area contributed by atoms with E-state index in [1.165, 1.54) is 23.5 Å². The summed E-state index contributed by atoms with van der Waals surface area (Å²) in [5, 5.41) is 18.2. The average Bonchev–Trinajstić information content (AvgIpc) is 3.28. The number of carboxylic acid groups (broad SMARTS) is 1. The molecule has 2 amide bonds. The van der Waals surface area contributed by atoms with E-state index in [0.29, 0.717) is 5.57 Å². The van der Waals surface area contributed by atoms with Crippen LogP contribution in [0.1, 0.15) is 19.7 Å². The molecule has 38 heavy (non-hydrogen) atoms. The normalized spacial score (nSPS) is 19.3. The zero-order valence-corrected chi connectivity index (χ0v) is 22.5. The molecule has 1 saturated heterocycles. The lowest BCUT2D eigenvalue weighted by Crippen LogP contribution is -2.71. The highest BCUT2D eigenvalue weighted by atomic mass is 32.2. The van der Waals surface area contributed by atoms with E-state index < -0.39 is 40.3 Å². The van der Waals surface area contributed by atoms with Crippen LogP contribution in [0.4, 0.5) is 5.13 Å². The van der Waals surface area contributed by atoms with Gasteiger partial charge in [0.1, 0.15) is 23.2 Å². The molecule has 202 valence electrons. The summed E-state index contributed by atoms with van der Waals surface area (Å²) < 4.78 is 5.23. The summed E-state index contributed by atoms with van der Waals surface area (Å²) >= 11 is 3.15. The largest absolute Gasteiger partial charge is 0.477 e. The van der Waals surface area contributed by atoms with Gasteiger partial charge in [0, 0.05) is 30.1 Å². The lowest BCUT2D eigenvalue weighted by Gasteiger charge is -2.49. The highest BCUT2D eigenvalue weighted by molar-refractivity contribution is 8.01. The van der Waals surface area contributed by atoms with E-state index in [-0.39, 0.29) is 45.1 Å². The second kappa shape index (κ2) is 11.0. The van der Waals surface area contributed by atoms with E-state index in [1.807, 2.05) is 0 Å². The van der Waals surface area contributed by atoms with E-state index in [0.717, 1.165) is 28.2 Å². The monoisotopic (exact) mass is 583 g/mol. The number of aromatic amines is 1. The highest BCUT2D eigenvalue weighted by Crippen LogP contribution is 2.41. The number of rotatable bonds is 9. The third-order valence-corrected chi connectivity index (χ3v) is 8.08. The van der Waals surface area contributed by atoms with Crippen LogP contribution in [0.15, 0.2) is 31.2 Å². The minimum atomic E-state index is -1.32. The molecule has 2 aliphatic heterocycles. The van der Waals surface area contributed by atoms with Gasteiger partial charge in [-0.15, -0.1) is 11.8 Å². The van der Waals surface area contributed by atoms with Crippen molar-refractivity contribution in [3.05, 3.63) is 37.8 Å². The van der Waals surface area contributed by atoms with Gasteiger partial charge in [0.2, 0.25) is 11.5 Å². The first kappa shape index (κ1) is 27.3. The lowest BCUT2D eigenvalue weighted by molar-refractivity contribution is -0.150. The number of nitrogens with zero attached hydrogens (tertiary/aromatic N) is 6. The Morgan fingerprint density at radius 1 is 1.34 bits per heavy atom. The molecule has 2 aliphatic rings. The fraction of sp³-hybridized carbons (Fsp3) is 0.421. The Morgan fingerprint density at radius 3 is 2.71 bits per heavy atom. The van der Waals surface area contributed by atoms with Gasteiger partial charge in [-0.2, -0.15) is 14.3 Å². The van der Waals surface area contributed by atoms with Crippen molar-refractivity contribution in [3.63, 3.8) is 0 Å². The fourth-order valence-corrected chi connectivity index (χ4v) is 6.26. The summed E-state index contributed by atoms with van der Waals surface area (Å²) in [5.41, 5.74) is 3.70. The molecule has 5 N–H and O–H groups in total. The molecule has 4 heterocycles. The molecule has 0 saturated carbocycles. The van der Waals surface area contributed by atoms with Gasteiger partial charge in [0.05, 0.1) is 0 Å². The number of thioether (sulfide) groups is 2. The summed E-state index contributed by atoms with van der Waals surface area (Å²) in [4.78, 5) is 75.0. The first-order valence-corrected chi connectivity index (χ1v) is 13.6. The number of carbonyl (C=O) groups is 3. The smallest absolute Gasteiger partial charge is 0.352 e. The van der Waals surface area contributed by atoms with Crippen molar-refractivity contribution < 1.29 is 24.3 Å². The number of nitrogens with one attached hydrogen (secondary N) is 2. The van der Waals surface area contributed by atoms with E-state index in [4.69, 9.17) is 10.6 Å². The van der Waals surface area contributed by atoms with Crippen LogP contribution >= 0.6 is 35.1 Å². The number of anilines is 1. The molecule has 0 bridgehead atoms. The quantitative estimate of drug-likeness (QED) is 0.0873. The Morgan fingerprint density at radius 2 is 2.08 bits per heavy atom. The number of amides is 2. The molecule has 16 nitrogen and oxygen atoms in total. The Bertz CT molecular complexity index is 1480. The second-order valence-corrected chi connectivity index (χ2v) is 11.0. The number of hydrogen-bond acceptors (Lipinski definition) is 14. The van der Waals surface area contributed by atoms with Gasteiger partial charge < -0.3 is 21.0 Å². The summed E-state index contributed by atoms with van der Waals surface area (Å²) in [6.07, 6.45) is -0.350. The van der Waals surface area contributed by atoms with Gasteiger partial charge >= 0.3 is 17.1 Å². The van der Waals surface area contributed by atoms with Gasteiger partial charge in [-0.25, -0.2) is 4.79 Å². The molecule has 0 aliphatic carbocycles. The van der Waals surface area contributed by atoms with Gasteiger partial charge in [0.15, 0.2) is 10.3 Å². The Hall–Kier alpha value is -3.71. The van der Waals surface area contributed by atoms with Crippen molar-refractivity contribution in [2.45, 2.75) is 36.5 Å². The molecule has 19 heteroatoms. The van der Waals surface area contributed by atoms with Crippen LogP contribution in [0.2, 0.25) is 0 Å². The first-order valence-electron chi connectivity index (χ1n) is 10.8. The molecule has 2 atom stereocenters. The first-order chi connectivity index (χ1) is 18.0. The zero-order chi connectivity index (χ0) is 27.7. The van der Waals surface area contributed by atoms with Crippen LogP contribution < -0.4 is 22.2 Å². The molecule has 0 aromatic carbocycles. The van der Waals surface area contributed by atoms with Gasteiger partial charge in [-0.1, -0.05) is 16.9 Å². The van der Waals surface area contributed by atoms with Crippen LogP contribution in [0, 0.1) is 0 Å². The molecule has 1 fully saturated rings. The molecule has 0 radical (unpaired) electrons. The topological polar surface area (TPSA) is 228 Å². The van der Waals surface area contributed by atoms with Crippen molar-refractivity contribution in [1.29, 1.82) is 0 Å². The Labute approximate surface area is 225 Å². The number of fused-ring (bicyclic) bond motifs is 1. The van der Waals surface area contributed by atoms with Crippen molar-refractivity contribution in [2.24, 2.45) is 12.2 Å². The van der Waals surface area contributed by atoms with E-state index >= 15 is 0 Å². The molecule has 2 aromatic rings. The number of carbonyl (C=O) groups excluding carboxylic acids is 2. The number of aryl methyl sites for hydroxylation is 1. The fourth-order valence-electron chi connectivity index (χ4n) is 3.42. The van der Waals surface area contributed by atoms with Crippen LogP contribution in [0.5, 0.6) is 0 Å². The Balaban J connectivity index is 1.52. The second-order valence-electron chi connectivity index (χ2n) is 8.16. The summed E-state index contributed by atoms with van der Waals surface area (Å²) in [5.74, 6) is -2.47. The zero-order valence-electron chi connectivity index (χ0n) is 20.0. The van der Waals surface area contributed by atoms with E-state index in [9.17, 15) is 29.1 Å². The standard InChI is InChI=1S/C19H21N9O7S3/c1-6(2)35-25-8(11-22-18(20)38-26-11)12(29)21-9-15(32)28-10(17(33)34)7(4-36-16(9)28)5-37-19-23-13(30)14(31)24-27(19)3/h6,9,16H,4-5H2,1-3H3,(H,21,29)(H,24,31)(H,33,34)(H2,20,22,26)/t9?,16-/m1/s1. The summed E-state index contributed by atoms with van der Waals surface area (Å²) in [6, 6.07) is -1.03. The number of aliphatic carboxylic acids is 1. The van der Waals surface area contributed by atoms with Gasteiger partial charge in [-0.3, -0.25) is 33.9 Å². The third kappa shape index (κ3) is 5.43.